The number of hydrogen-bond donors (Lipinski definition) is 1. The Morgan fingerprint density at radius 2 is 1.89 bits per heavy atom. The number of urea groups is 1. The molecular weight excluding hydrogens is 252 g/mol. The number of carbonyl (C=O) groups excluding carboxylic acids is 1. The molecule has 18 heavy (non-hydrogen) atoms. The van der Waals surface area contributed by atoms with E-state index in [1.54, 1.807) is 25.7 Å². The highest BCUT2D eigenvalue weighted by atomic mass is 32.2. The summed E-state index contributed by atoms with van der Waals surface area (Å²) in [5, 5.41) is 2.69. The molecule has 0 spiro atoms. The first-order chi connectivity index (χ1) is 8.19. The lowest BCUT2D eigenvalue weighted by Crippen LogP contribution is -2.44. The van der Waals surface area contributed by atoms with Crippen LogP contribution in [0.3, 0.4) is 0 Å². The van der Waals surface area contributed by atoms with Crippen LogP contribution < -0.4 is 5.32 Å². The molecule has 6 heteroatoms. The van der Waals surface area contributed by atoms with Crippen LogP contribution in [-0.2, 0) is 9.84 Å². The lowest BCUT2D eigenvalue weighted by atomic mass is 10.3. The van der Waals surface area contributed by atoms with Gasteiger partial charge in [-0.2, -0.15) is 0 Å². The number of sulfone groups is 1. The molecule has 5 nitrogen and oxygen atoms in total. The van der Waals surface area contributed by atoms with E-state index in [1.807, 2.05) is 6.92 Å². The average Bonchev–Trinajstić information content (AvgIpc) is 3.01. The molecule has 1 aliphatic rings. The van der Waals surface area contributed by atoms with Crippen molar-refractivity contribution < 1.29 is 13.2 Å². The molecule has 0 aliphatic heterocycles. The molecule has 1 aliphatic carbocycles. The van der Waals surface area contributed by atoms with Gasteiger partial charge in [0.2, 0.25) is 0 Å². The molecule has 0 aromatic rings. The number of amides is 2. The Kier molecular flexibility index (Phi) is 4.64. The second-order valence-electron chi connectivity index (χ2n) is 5.68. The molecule has 0 bridgehead atoms. The predicted molar refractivity (Wildman–Crippen MR) is 72.3 cm³/mol. The van der Waals surface area contributed by atoms with Crippen molar-refractivity contribution in [3.8, 4) is 0 Å². The van der Waals surface area contributed by atoms with Gasteiger partial charge in [-0.25, -0.2) is 13.2 Å². The number of nitrogens with zero attached hydrogens (tertiary/aromatic N) is 1. The van der Waals surface area contributed by atoms with Crippen molar-refractivity contribution in [3.05, 3.63) is 0 Å². The van der Waals surface area contributed by atoms with Gasteiger partial charge in [-0.3, -0.25) is 0 Å². The highest BCUT2D eigenvalue weighted by Crippen LogP contribution is 2.26. The molecule has 0 radical (unpaired) electrons. The second-order valence-corrected chi connectivity index (χ2v) is 8.54. The third-order valence-corrected chi connectivity index (χ3v) is 5.78. The van der Waals surface area contributed by atoms with Gasteiger partial charge in [0, 0.05) is 19.1 Å². The first kappa shape index (κ1) is 15.3. The first-order valence-corrected chi connectivity index (χ1v) is 8.11. The van der Waals surface area contributed by atoms with Crippen LogP contribution in [-0.4, -0.2) is 49.0 Å². The summed E-state index contributed by atoms with van der Waals surface area (Å²) in [5.41, 5.74) is 0. The zero-order valence-corrected chi connectivity index (χ0v) is 12.5. The largest absolute Gasteiger partial charge is 0.337 e. The van der Waals surface area contributed by atoms with E-state index in [0.717, 1.165) is 12.8 Å². The normalized spacial score (nSPS) is 16.4. The summed E-state index contributed by atoms with van der Waals surface area (Å²) < 4.78 is 22.9. The van der Waals surface area contributed by atoms with Gasteiger partial charge in [-0.1, -0.05) is 0 Å². The average molecular weight is 276 g/mol. The smallest absolute Gasteiger partial charge is 0.317 e. The maximum absolute atomic E-state index is 11.9. The number of hydrogen-bond acceptors (Lipinski definition) is 3. The van der Waals surface area contributed by atoms with Crippen molar-refractivity contribution in [2.24, 2.45) is 0 Å². The van der Waals surface area contributed by atoms with Crippen LogP contribution in [0, 0.1) is 0 Å². The summed E-state index contributed by atoms with van der Waals surface area (Å²) in [6.07, 6.45) is 2.11. The third kappa shape index (κ3) is 3.86. The van der Waals surface area contributed by atoms with Gasteiger partial charge in [0.05, 0.1) is 10.5 Å². The molecule has 1 rings (SSSR count). The number of carbonyl (C=O) groups is 1. The summed E-state index contributed by atoms with van der Waals surface area (Å²) in [4.78, 5) is 13.6. The van der Waals surface area contributed by atoms with Gasteiger partial charge in [-0.15, -0.1) is 0 Å². The first-order valence-electron chi connectivity index (χ1n) is 6.46. The molecule has 2 amide bonds. The van der Waals surface area contributed by atoms with Gasteiger partial charge < -0.3 is 10.2 Å². The maximum atomic E-state index is 11.9. The zero-order valence-electron chi connectivity index (χ0n) is 11.7. The lowest BCUT2D eigenvalue weighted by Gasteiger charge is -2.22. The van der Waals surface area contributed by atoms with Gasteiger partial charge in [0.1, 0.15) is 0 Å². The molecule has 0 heterocycles. The van der Waals surface area contributed by atoms with Crippen LogP contribution >= 0.6 is 0 Å². The summed E-state index contributed by atoms with van der Waals surface area (Å²) in [7, 11) is -3.16. The van der Waals surface area contributed by atoms with E-state index in [0.29, 0.717) is 12.6 Å². The number of nitrogens with one attached hydrogen (secondary N) is 1. The Morgan fingerprint density at radius 1 is 1.33 bits per heavy atom. The summed E-state index contributed by atoms with van der Waals surface area (Å²) in [6.45, 7) is 7.81. The van der Waals surface area contributed by atoms with Crippen molar-refractivity contribution in [3.63, 3.8) is 0 Å². The topological polar surface area (TPSA) is 66.5 Å². The van der Waals surface area contributed by atoms with E-state index in [-0.39, 0.29) is 18.3 Å². The maximum Gasteiger partial charge on any atom is 0.317 e. The van der Waals surface area contributed by atoms with E-state index in [2.05, 4.69) is 5.32 Å². The number of rotatable bonds is 5. The molecule has 1 N–H and O–H groups in total. The molecule has 0 atom stereocenters. The fourth-order valence-electron chi connectivity index (χ4n) is 1.65. The van der Waals surface area contributed by atoms with Crippen molar-refractivity contribution in [1.29, 1.82) is 0 Å². The summed E-state index contributed by atoms with van der Waals surface area (Å²) >= 11 is 0. The Morgan fingerprint density at radius 3 is 2.28 bits per heavy atom. The Hall–Kier alpha value is -0.780. The summed E-state index contributed by atoms with van der Waals surface area (Å²) in [5.74, 6) is -0.00946. The SMILES string of the molecule is CCN(C(=O)NCCS(=O)(=O)C(C)(C)C)C1CC1. The molecule has 1 fully saturated rings. The van der Waals surface area contributed by atoms with Crippen LogP contribution in [0.5, 0.6) is 0 Å². The van der Waals surface area contributed by atoms with Crippen LogP contribution in [0.2, 0.25) is 0 Å². The summed E-state index contributed by atoms with van der Waals surface area (Å²) in [6, 6.07) is 0.207. The fraction of sp³-hybridized carbons (Fsp3) is 0.917. The Labute approximate surface area is 110 Å². The molecular formula is C12H24N2O3S. The lowest BCUT2D eigenvalue weighted by molar-refractivity contribution is 0.198. The van der Waals surface area contributed by atoms with Gasteiger partial charge in [0.25, 0.3) is 0 Å². The molecule has 0 unspecified atom stereocenters. The van der Waals surface area contributed by atoms with E-state index in [1.165, 1.54) is 0 Å². The van der Waals surface area contributed by atoms with Gasteiger partial charge in [-0.05, 0) is 40.5 Å². The third-order valence-electron chi connectivity index (χ3n) is 3.17. The van der Waals surface area contributed by atoms with Crippen LogP contribution in [0.15, 0.2) is 0 Å². The van der Waals surface area contributed by atoms with E-state index in [9.17, 15) is 13.2 Å². The molecule has 0 saturated heterocycles. The quantitative estimate of drug-likeness (QED) is 0.825. The Bertz CT molecular complexity index is 394. The highest BCUT2D eigenvalue weighted by Gasteiger charge is 2.32. The minimum Gasteiger partial charge on any atom is -0.337 e. The molecule has 0 aromatic heterocycles. The van der Waals surface area contributed by atoms with Crippen LogP contribution in [0.25, 0.3) is 0 Å². The van der Waals surface area contributed by atoms with Crippen molar-refractivity contribution in [2.75, 3.05) is 18.8 Å². The standard InChI is InChI=1S/C12H24N2O3S/c1-5-14(10-6-7-10)11(15)13-8-9-18(16,17)12(2,3)4/h10H,5-9H2,1-4H3,(H,13,15). The Balaban J connectivity index is 2.40. The van der Waals surface area contributed by atoms with Gasteiger partial charge >= 0.3 is 6.03 Å². The minimum absolute atomic E-state index is 0.00946. The zero-order chi connectivity index (χ0) is 14.0. The predicted octanol–water partition coefficient (Wildman–Crippen LogP) is 1.39. The minimum atomic E-state index is -3.16. The van der Waals surface area contributed by atoms with Crippen molar-refractivity contribution in [1.82, 2.24) is 10.2 Å². The van der Waals surface area contributed by atoms with Crippen molar-refractivity contribution >= 4 is 15.9 Å². The highest BCUT2D eigenvalue weighted by molar-refractivity contribution is 7.92. The van der Waals surface area contributed by atoms with E-state index in [4.69, 9.17) is 0 Å². The second kappa shape index (κ2) is 5.47. The van der Waals surface area contributed by atoms with E-state index < -0.39 is 14.6 Å². The van der Waals surface area contributed by atoms with Crippen LogP contribution in [0.1, 0.15) is 40.5 Å². The van der Waals surface area contributed by atoms with Gasteiger partial charge in [0.15, 0.2) is 9.84 Å². The molecule has 1 saturated carbocycles. The molecule has 106 valence electrons. The van der Waals surface area contributed by atoms with E-state index >= 15 is 0 Å². The molecule has 0 aromatic carbocycles. The monoisotopic (exact) mass is 276 g/mol. The fourth-order valence-corrected chi connectivity index (χ4v) is 2.64. The van der Waals surface area contributed by atoms with Crippen LogP contribution in [0.4, 0.5) is 4.79 Å². The van der Waals surface area contributed by atoms with Crippen molar-refractivity contribution in [2.45, 2.75) is 51.3 Å².